The highest BCUT2D eigenvalue weighted by molar-refractivity contribution is 7.89. The molecule has 178 valence electrons. The molecule has 0 spiro atoms. The molecule has 9 heteroatoms. The number of nitrogens with two attached hydrogens (primary N) is 1. The van der Waals surface area contributed by atoms with Gasteiger partial charge in [-0.3, -0.25) is 0 Å². The number of rotatable bonds is 7. The number of aromatic carboxylic acids is 1. The quantitative estimate of drug-likeness (QED) is 0.335. The zero-order valence-electron chi connectivity index (χ0n) is 18.3. The summed E-state index contributed by atoms with van der Waals surface area (Å²) in [6.07, 6.45) is -0.974. The summed E-state index contributed by atoms with van der Waals surface area (Å²) in [5, 5.41) is 26.4. The Morgan fingerprint density at radius 3 is 2.03 bits per heavy atom. The predicted octanol–water partition coefficient (Wildman–Crippen LogP) is 3.62. The van der Waals surface area contributed by atoms with Gasteiger partial charge in [-0.1, -0.05) is 42.5 Å². The standard InChI is InChI=1S/C26H21NO7S/c27-35(32,33)23-11-1-16(2-12-23)15-34-26(31)21-10-4-17-3-9-20(13-22(17)14-21)24(28)18-5-7-19(8-6-18)25(29)30/h1-14,24,28H,15H2,(H,29,30)(H2,27,32,33). The summed E-state index contributed by atoms with van der Waals surface area (Å²) in [5.74, 6) is -1.60. The molecular weight excluding hydrogens is 470 g/mol. The van der Waals surface area contributed by atoms with Crippen molar-refractivity contribution < 1.29 is 33.0 Å². The van der Waals surface area contributed by atoms with Crippen LogP contribution in [0.4, 0.5) is 0 Å². The smallest absolute Gasteiger partial charge is 0.338 e. The highest BCUT2D eigenvalue weighted by atomic mass is 32.2. The topological polar surface area (TPSA) is 144 Å². The van der Waals surface area contributed by atoms with Crippen LogP contribution in [0, 0.1) is 0 Å². The maximum absolute atomic E-state index is 12.6. The van der Waals surface area contributed by atoms with E-state index >= 15 is 0 Å². The minimum absolute atomic E-state index is 0.0297. The summed E-state index contributed by atoms with van der Waals surface area (Å²) >= 11 is 0. The van der Waals surface area contributed by atoms with Crippen LogP contribution in [-0.2, 0) is 21.4 Å². The molecule has 0 saturated heterocycles. The van der Waals surface area contributed by atoms with E-state index in [9.17, 15) is 23.1 Å². The van der Waals surface area contributed by atoms with E-state index in [1.165, 1.54) is 36.4 Å². The summed E-state index contributed by atoms with van der Waals surface area (Å²) in [5.41, 5.74) is 2.17. The van der Waals surface area contributed by atoms with Crippen molar-refractivity contribution in [3.8, 4) is 0 Å². The van der Waals surface area contributed by atoms with E-state index in [2.05, 4.69) is 0 Å². The molecule has 0 amide bonds. The number of carbonyl (C=O) groups is 2. The van der Waals surface area contributed by atoms with Crippen LogP contribution >= 0.6 is 0 Å². The minimum atomic E-state index is -3.80. The number of carboxylic acids is 1. The fourth-order valence-corrected chi connectivity index (χ4v) is 4.09. The Kier molecular flexibility index (Phi) is 6.65. The number of aliphatic hydroxyl groups excluding tert-OH is 1. The molecule has 4 aromatic carbocycles. The Labute approximate surface area is 201 Å². The fourth-order valence-electron chi connectivity index (χ4n) is 3.57. The van der Waals surface area contributed by atoms with Gasteiger partial charge in [-0.2, -0.15) is 0 Å². The van der Waals surface area contributed by atoms with Crippen molar-refractivity contribution >= 4 is 32.7 Å². The van der Waals surface area contributed by atoms with Gasteiger partial charge in [-0.15, -0.1) is 0 Å². The molecular formula is C26H21NO7S. The molecule has 1 unspecified atom stereocenters. The molecule has 0 aliphatic rings. The molecule has 8 nitrogen and oxygen atoms in total. The average Bonchev–Trinajstić information content (AvgIpc) is 2.86. The molecule has 1 atom stereocenters. The van der Waals surface area contributed by atoms with Crippen molar-refractivity contribution in [3.05, 3.63) is 113 Å². The SMILES string of the molecule is NS(=O)(=O)c1ccc(COC(=O)c2ccc3ccc(C(O)c4ccc(C(=O)O)cc4)cc3c2)cc1. The molecule has 0 heterocycles. The second kappa shape index (κ2) is 9.67. The highest BCUT2D eigenvalue weighted by Crippen LogP contribution is 2.27. The second-order valence-corrected chi connectivity index (χ2v) is 9.48. The van der Waals surface area contributed by atoms with Gasteiger partial charge in [0, 0.05) is 0 Å². The first-order chi connectivity index (χ1) is 16.6. The summed E-state index contributed by atoms with van der Waals surface area (Å²) in [6, 6.07) is 22.1. The third-order valence-electron chi connectivity index (χ3n) is 5.51. The number of sulfonamides is 1. The van der Waals surface area contributed by atoms with Gasteiger partial charge in [-0.05, 0) is 69.9 Å². The van der Waals surface area contributed by atoms with Crippen molar-refractivity contribution in [1.29, 1.82) is 0 Å². The van der Waals surface area contributed by atoms with Crippen molar-refractivity contribution in [2.45, 2.75) is 17.6 Å². The number of carbonyl (C=O) groups excluding carboxylic acids is 1. The van der Waals surface area contributed by atoms with Gasteiger partial charge in [0.15, 0.2) is 0 Å². The molecule has 4 rings (SSSR count). The Morgan fingerprint density at radius 2 is 1.40 bits per heavy atom. The Balaban J connectivity index is 1.50. The van der Waals surface area contributed by atoms with E-state index in [-0.39, 0.29) is 17.1 Å². The van der Waals surface area contributed by atoms with Crippen LogP contribution in [-0.4, -0.2) is 30.6 Å². The van der Waals surface area contributed by atoms with Gasteiger partial charge >= 0.3 is 11.9 Å². The van der Waals surface area contributed by atoms with Crippen molar-refractivity contribution in [3.63, 3.8) is 0 Å². The molecule has 0 fully saturated rings. The minimum Gasteiger partial charge on any atom is -0.478 e. The first-order valence-corrected chi connectivity index (χ1v) is 12.0. The van der Waals surface area contributed by atoms with Gasteiger partial charge in [0.2, 0.25) is 10.0 Å². The van der Waals surface area contributed by atoms with Gasteiger partial charge in [0.1, 0.15) is 12.7 Å². The van der Waals surface area contributed by atoms with E-state index < -0.39 is 28.1 Å². The largest absolute Gasteiger partial charge is 0.478 e. The Morgan fingerprint density at radius 1 is 0.800 bits per heavy atom. The van der Waals surface area contributed by atoms with Crippen LogP contribution in [0.3, 0.4) is 0 Å². The first kappa shape index (κ1) is 24.1. The number of ether oxygens (including phenoxy) is 1. The lowest BCUT2D eigenvalue weighted by atomic mass is 9.97. The normalized spacial score (nSPS) is 12.3. The third kappa shape index (κ3) is 5.55. The van der Waals surface area contributed by atoms with Crippen LogP contribution < -0.4 is 5.14 Å². The van der Waals surface area contributed by atoms with Crippen molar-refractivity contribution in [1.82, 2.24) is 0 Å². The van der Waals surface area contributed by atoms with Crippen LogP contribution in [0.5, 0.6) is 0 Å². The van der Waals surface area contributed by atoms with E-state index in [1.54, 1.807) is 42.5 Å². The van der Waals surface area contributed by atoms with Crippen LogP contribution in [0.15, 0.2) is 89.8 Å². The molecule has 0 radical (unpaired) electrons. The predicted molar refractivity (Wildman–Crippen MR) is 128 cm³/mol. The summed E-state index contributed by atoms with van der Waals surface area (Å²) < 4.78 is 28.0. The summed E-state index contributed by atoms with van der Waals surface area (Å²) in [6.45, 7) is -0.0487. The molecule has 4 N–H and O–H groups in total. The number of benzene rings is 4. The monoisotopic (exact) mass is 491 g/mol. The molecule has 0 aliphatic carbocycles. The van der Waals surface area contributed by atoms with Gasteiger partial charge in [-0.25, -0.2) is 23.1 Å². The third-order valence-corrected chi connectivity index (χ3v) is 6.44. The van der Waals surface area contributed by atoms with Crippen LogP contribution in [0.25, 0.3) is 10.8 Å². The molecule has 0 bridgehead atoms. The lowest BCUT2D eigenvalue weighted by Crippen LogP contribution is -2.12. The lowest BCUT2D eigenvalue weighted by Gasteiger charge is -2.13. The number of fused-ring (bicyclic) bond motifs is 1. The number of hydrogen-bond acceptors (Lipinski definition) is 6. The zero-order chi connectivity index (χ0) is 25.2. The van der Waals surface area contributed by atoms with E-state index in [4.69, 9.17) is 15.0 Å². The molecule has 35 heavy (non-hydrogen) atoms. The number of esters is 1. The van der Waals surface area contributed by atoms with Crippen LogP contribution in [0.2, 0.25) is 0 Å². The van der Waals surface area contributed by atoms with Gasteiger partial charge in [0.25, 0.3) is 0 Å². The number of carboxylic acid groups (broad SMARTS) is 1. The zero-order valence-corrected chi connectivity index (χ0v) is 19.1. The second-order valence-electron chi connectivity index (χ2n) is 7.92. The summed E-state index contributed by atoms with van der Waals surface area (Å²) in [4.78, 5) is 23.6. The number of hydrogen-bond donors (Lipinski definition) is 3. The number of aliphatic hydroxyl groups is 1. The Hall–Kier alpha value is -4.05. The molecule has 4 aromatic rings. The molecule has 0 aromatic heterocycles. The van der Waals surface area contributed by atoms with Crippen molar-refractivity contribution in [2.24, 2.45) is 5.14 Å². The van der Waals surface area contributed by atoms with E-state index in [0.717, 1.165) is 10.8 Å². The maximum Gasteiger partial charge on any atom is 0.338 e. The highest BCUT2D eigenvalue weighted by Gasteiger charge is 2.14. The Bertz CT molecular complexity index is 1510. The first-order valence-electron chi connectivity index (χ1n) is 10.5. The van der Waals surface area contributed by atoms with Gasteiger partial charge < -0.3 is 14.9 Å². The maximum atomic E-state index is 12.6. The van der Waals surface area contributed by atoms with E-state index in [1.807, 2.05) is 6.07 Å². The van der Waals surface area contributed by atoms with Crippen molar-refractivity contribution in [2.75, 3.05) is 0 Å². The number of primary sulfonamides is 1. The fraction of sp³-hybridized carbons (Fsp3) is 0.0769. The lowest BCUT2D eigenvalue weighted by molar-refractivity contribution is 0.0472. The van der Waals surface area contributed by atoms with Gasteiger partial charge in [0.05, 0.1) is 16.0 Å². The van der Waals surface area contributed by atoms with Crippen LogP contribution in [0.1, 0.15) is 43.5 Å². The molecule has 0 aliphatic heterocycles. The van der Waals surface area contributed by atoms with E-state index in [0.29, 0.717) is 22.3 Å². The average molecular weight is 492 g/mol. The summed E-state index contributed by atoms with van der Waals surface area (Å²) in [7, 11) is -3.80. The molecule has 0 saturated carbocycles.